The summed E-state index contributed by atoms with van der Waals surface area (Å²) in [5.74, 6) is 0.919. The second-order valence-electron chi connectivity index (χ2n) is 2.72. The van der Waals surface area contributed by atoms with Gasteiger partial charge in [-0.3, -0.25) is 0 Å². The Morgan fingerprint density at radius 2 is 2.08 bits per heavy atom. The lowest BCUT2D eigenvalue weighted by atomic mass is 10.2. The van der Waals surface area contributed by atoms with Gasteiger partial charge in [0.25, 0.3) is 0 Å². The molecule has 1 atom stereocenters. The third kappa shape index (κ3) is 4.21. The molecule has 1 aliphatic heterocycles. The van der Waals surface area contributed by atoms with Crippen LogP contribution in [0.3, 0.4) is 0 Å². The molecule has 1 heterocycles. The molecule has 1 rings (SSSR count). The first-order chi connectivity index (χ1) is 5.58. The van der Waals surface area contributed by atoms with Crippen LogP contribution < -0.4 is 0 Å². The average molecular weight is 200 g/mol. The summed E-state index contributed by atoms with van der Waals surface area (Å²) in [6, 6.07) is 0. The molecule has 1 unspecified atom stereocenters. The quantitative estimate of drug-likeness (QED) is 0.677. The predicted octanol–water partition coefficient (Wildman–Crippen LogP) is 2.81. The van der Waals surface area contributed by atoms with Crippen molar-refractivity contribution in [1.82, 2.24) is 0 Å². The van der Waals surface area contributed by atoms with E-state index in [9.17, 15) is 13.2 Å². The zero-order valence-corrected chi connectivity index (χ0v) is 7.38. The first-order valence-electron chi connectivity index (χ1n) is 3.88. The van der Waals surface area contributed by atoms with Gasteiger partial charge in [0.05, 0.1) is 0 Å². The molecule has 0 aromatic carbocycles. The molecule has 5 heteroatoms. The molecule has 1 saturated heterocycles. The molecule has 0 spiro atoms. The van der Waals surface area contributed by atoms with Crippen molar-refractivity contribution in [3.63, 3.8) is 0 Å². The number of hydrogen-bond donors (Lipinski definition) is 0. The second kappa shape index (κ2) is 4.37. The van der Waals surface area contributed by atoms with Crippen molar-refractivity contribution in [1.29, 1.82) is 0 Å². The fourth-order valence-electron chi connectivity index (χ4n) is 1.03. The van der Waals surface area contributed by atoms with Crippen molar-refractivity contribution in [3.05, 3.63) is 0 Å². The van der Waals surface area contributed by atoms with Gasteiger partial charge in [-0.05, 0) is 25.0 Å². The highest BCUT2D eigenvalue weighted by molar-refractivity contribution is 7.99. The van der Waals surface area contributed by atoms with E-state index in [-0.39, 0.29) is 5.44 Å². The zero-order chi connectivity index (χ0) is 9.03. The summed E-state index contributed by atoms with van der Waals surface area (Å²) in [6.45, 7) is -1.11. The van der Waals surface area contributed by atoms with Crippen molar-refractivity contribution in [2.24, 2.45) is 0 Å². The SMILES string of the molecule is FC(F)(F)COC1CCCCS1. The summed E-state index contributed by atoms with van der Waals surface area (Å²) in [7, 11) is 0. The third-order valence-electron chi connectivity index (χ3n) is 1.57. The molecule has 12 heavy (non-hydrogen) atoms. The van der Waals surface area contributed by atoms with E-state index < -0.39 is 12.8 Å². The Morgan fingerprint density at radius 1 is 1.33 bits per heavy atom. The monoisotopic (exact) mass is 200 g/mol. The van der Waals surface area contributed by atoms with Gasteiger partial charge in [0.1, 0.15) is 12.0 Å². The molecule has 1 nitrogen and oxygen atoms in total. The highest BCUT2D eigenvalue weighted by Gasteiger charge is 2.29. The van der Waals surface area contributed by atoms with E-state index >= 15 is 0 Å². The number of halogens is 3. The number of rotatable bonds is 2. The first-order valence-corrected chi connectivity index (χ1v) is 4.93. The number of hydrogen-bond acceptors (Lipinski definition) is 2. The minimum absolute atomic E-state index is 0.236. The van der Waals surface area contributed by atoms with Crippen LogP contribution in [-0.4, -0.2) is 24.0 Å². The Bertz CT molecular complexity index is 131. The molecule has 72 valence electrons. The van der Waals surface area contributed by atoms with Crippen LogP contribution >= 0.6 is 11.8 Å². The third-order valence-corrected chi connectivity index (χ3v) is 2.84. The molecule has 0 radical (unpaired) electrons. The molecule has 0 aliphatic carbocycles. The topological polar surface area (TPSA) is 9.23 Å². The van der Waals surface area contributed by atoms with Gasteiger partial charge in [0.2, 0.25) is 0 Å². The Morgan fingerprint density at radius 3 is 2.58 bits per heavy atom. The molecule has 0 aromatic heterocycles. The molecule has 1 fully saturated rings. The largest absolute Gasteiger partial charge is 0.411 e. The molecule has 0 amide bonds. The van der Waals surface area contributed by atoms with Gasteiger partial charge in [0.15, 0.2) is 0 Å². The highest BCUT2D eigenvalue weighted by atomic mass is 32.2. The van der Waals surface area contributed by atoms with Gasteiger partial charge in [-0.25, -0.2) is 0 Å². The summed E-state index contributed by atoms with van der Waals surface area (Å²) in [4.78, 5) is 0. The minimum Gasteiger partial charge on any atom is -0.358 e. The predicted molar refractivity (Wildman–Crippen MR) is 42.1 cm³/mol. The highest BCUT2D eigenvalue weighted by Crippen LogP contribution is 2.27. The lowest BCUT2D eigenvalue weighted by Gasteiger charge is -2.21. The average Bonchev–Trinajstić information content (AvgIpc) is 2.02. The van der Waals surface area contributed by atoms with Gasteiger partial charge in [-0.1, -0.05) is 0 Å². The van der Waals surface area contributed by atoms with E-state index in [0.717, 1.165) is 25.0 Å². The molecule has 0 N–H and O–H groups in total. The van der Waals surface area contributed by atoms with Crippen LogP contribution in [0.1, 0.15) is 19.3 Å². The van der Waals surface area contributed by atoms with Gasteiger partial charge in [-0.15, -0.1) is 11.8 Å². The standard InChI is InChI=1S/C7H11F3OS/c8-7(9,10)5-11-6-3-1-2-4-12-6/h6H,1-5H2. The van der Waals surface area contributed by atoms with Gasteiger partial charge >= 0.3 is 6.18 Å². The van der Waals surface area contributed by atoms with Gasteiger partial charge in [0, 0.05) is 0 Å². The van der Waals surface area contributed by atoms with Crippen LogP contribution in [0.5, 0.6) is 0 Å². The number of ether oxygens (including phenoxy) is 1. The maximum Gasteiger partial charge on any atom is 0.411 e. The fourth-order valence-corrected chi connectivity index (χ4v) is 2.16. The Kier molecular flexibility index (Phi) is 3.71. The summed E-state index contributed by atoms with van der Waals surface area (Å²) in [5, 5.41) is 0. The summed E-state index contributed by atoms with van der Waals surface area (Å²) >= 11 is 1.48. The van der Waals surface area contributed by atoms with Crippen LogP contribution in [0.25, 0.3) is 0 Å². The molecule has 1 aliphatic rings. The van der Waals surface area contributed by atoms with E-state index in [1.54, 1.807) is 0 Å². The first kappa shape index (κ1) is 10.2. The van der Waals surface area contributed by atoms with Crippen molar-refractivity contribution >= 4 is 11.8 Å². The molecular formula is C7H11F3OS. The Balaban J connectivity index is 2.13. The maximum atomic E-state index is 11.7. The summed E-state index contributed by atoms with van der Waals surface area (Å²) in [6.07, 6.45) is -1.36. The van der Waals surface area contributed by atoms with E-state index in [0.29, 0.717) is 0 Å². The molecule has 0 bridgehead atoms. The number of alkyl halides is 3. The minimum atomic E-state index is -4.18. The van der Waals surface area contributed by atoms with Crippen molar-refractivity contribution < 1.29 is 17.9 Å². The van der Waals surface area contributed by atoms with Gasteiger partial charge < -0.3 is 4.74 Å². The Labute approximate surface area is 73.7 Å². The Hall–Kier alpha value is 0.100. The van der Waals surface area contributed by atoms with E-state index in [1.807, 2.05) is 0 Å². The van der Waals surface area contributed by atoms with Crippen LogP contribution in [-0.2, 0) is 4.74 Å². The molecule has 0 saturated carbocycles. The lowest BCUT2D eigenvalue weighted by molar-refractivity contribution is -0.177. The van der Waals surface area contributed by atoms with Gasteiger partial charge in [-0.2, -0.15) is 13.2 Å². The van der Waals surface area contributed by atoms with Crippen LogP contribution in [0, 0.1) is 0 Å². The fraction of sp³-hybridized carbons (Fsp3) is 1.00. The van der Waals surface area contributed by atoms with E-state index in [4.69, 9.17) is 0 Å². The van der Waals surface area contributed by atoms with Crippen LogP contribution in [0.2, 0.25) is 0 Å². The van der Waals surface area contributed by atoms with Crippen molar-refractivity contribution in [2.45, 2.75) is 30.9 Å². The normalized spacial score (nSPS) is 25.8. The van der Waals surface area contributed by atoms with Crippen molar-refractivity contribution in [2.75, 3.05) is 12.4 Å². The maximum absolute atomic E-state index is 11.7. The van der Waals surface area contributed by atoms with Crippen molar-refractivity contribution in [3.8, 4) is 0 Å². The smallest absolute Gasteiger partial charge is 0.358 e. The number of thioether (sulfide) groups is 1. The molecule has 0 aromatic rings. The second-order valence-corrected chi connectivity index (χ2v) is 3.99. The zero-order valence-electron chi connectivity index (χ0n) is 6.56. The lowest BCUT2D eigenvalue weighted by Crippen LogP contribution is -2.23. The van der Waals surface area contributed by atoms with Crippen LogP contribution in [0.15, 0.2) is 0 Å². The van der Waals surface area contributed by atoms with E-state index in [1.165, 1.54) is 11.8 Å². The van der Waals surface area contributed by atoms with E-state index in [2.05, 4.69) is 4.74 Å². The van der Waals surface area contributed by atoms with Crippen LogP contribution in [0.4, 0.5) is 13.2 Å². The molecular weight excluding hydrogens is 189 g/mol. The summed E-state index contributed by atoms with van der Waals surface area (Å²) < 4.78 is 39.7. The summed E-state index contributed by atoms with van der Waals surface area (Å²) in [5.41, 5.74) is -0.236.